The second-order valence-corrected chi connectivity index (χ2v) is 11.4. The van der Waals surface area contributed by atoms with E-state index in [2.05, 4.69) is 26.8 Å². The maximum Gasteiger partial charge on any atom is 0.282 e. The highest BCUT2D eigenvalue weighted by molar-refractivity contribution is 6.00. The second-order valence-electron chi connectivity index (χ2n) is 11.4. The van der Waals surface area contributed by atoms with E-state index in [1.807, 2.05) is 0 Å². The number of hydrogen-bond acceptors (Lipinski definition) is 7. The van der Waals surface area contributed by atoms with Crippen molar-refractivity contribution in [3.05, 3.63) is 47.8 Å². The summed E-state index contributed by atoms with van der Waals surface area (Å²) in [5.74, 6) is -4.78. The Morgan fingerprint density at radius 2 is 1.80 bits per heavy atom. The van der Waals surface area contributed by atoms with E-state index in [1.165, 1.54) is 12.4 Å². The van der Waals surface area contributed by atoms with Crippen LogP contribution >= 0.6 is 0 Å². The van der Waals surface area contributed by atoms with Crippen LogP contribution in [0, 0.1) is 11.3 Å². The molecule has 4 aliphatic rings. The molecule has 4 fully saturated rings. The zero-order chi connectivity index (χ0) is 29.0. The second kappa shape index (κ2) is 9.73. The molecular weight excluding hydrogens is 539 g/mol. The predicted molar refractivity (Wildman–Crippen MR) is 141 cm³/mol. The Labute approximate surface area is 233 Å². The Hall–Kier alpha value is -4.18. The minimum absolute atomic E-state index is 0.130. The molecule has 0 unspecified atom stereocenters. The van der Waals surface area contributed by atoms with E-state index >= 15 is 0 Å². The number of aliphatic hydroxyl groups is 1. The number of hydrogen-bond donors (Lipinski definition) is 3. The smallest absolute Gasteiger partial charge is 0.282 e. The van der Waals surface area contributed by atoms with Crippen LogP contribution in [-0.2, 0) is 4.79 Å². The fourth-order valence-corrected chi connectivity index (χ4v) is 6.00. The summed E-state index contributed by atoms with van der Waals surface area (Å²) in [6, 6.07) is 9.05. The normalized spacial score (nSPS) is 25.3. The first kappa shape index (κ1) is 27.0. The van der Waals surface area contributed by atoms with E-state index in [1.54, 1.807) is 28.8 Å². The molecule has 3 saturated carbocycles. The lowest BCUT2D eigenvalue weighted by Crippen LogP contribution is -2.61. The van der Waals surface area contributed by atoms with Crippen molar-refractivity contribution in [3.8, 4) is 17.5 Å². The molecule has 2 bridgehead atoms. The monoisotopic (exact) mass is 567 g/mol. The van der Waals surface area contributed by atoms with Gasteiger partial charge in [-0.25, -0.2) is 17.7 Å². The third-order valence-electron chi connectivity index (χ3n) is 8.51. The van der Waals surface area contributed by atoms with Crippen LogP contribution in [0.2, 0.25) is 0 Å². The summed E-state index contributed by atoms with van der Waals surface area (Å²) < 4.78 is 42.4. The molecule has 3 aromatic rings. The summed E-state index contributed by atoms with van der Waals surface area (Å²) in [6.07, 6.45) is 4.66. The topological polar surface area (TPSA) is 136 Å². The summed E-state index contributed by atoms with van der Waals surface area (Å²) in [6.45, 7) is -2.34. The molecule has 41 heavy (non-hydrogen) atoms. The van der Waals surface area contributed by atoms with Crippen LogP contribution in [0.4, 0.5) is 18.9 Å². The van der Waals surface area contributed by atoms with Crippen LogP contribution in [-0.4, -0.2) is 79.3 Å². The average Bonchev–Trinajstić information content (AvgIpc) is 3.38. The summed E-state index contributed by atoms with van der Waals surface area (Å²) >= 11 is 0. The molecule has 3 aromatic heterocycles. The van der Waals surface area contributed by atoms with Crippen molar-refractivity contribution in [2.45, 2.75) is 61.8 Å². The van der Waals surface area contributed by atoms with Gasteiger partial charge < -0.3 is 20.6 Å². The third kappa shape index (κ3) is 5.08. The summed E-state index contributed by atoms with van der Waals surface area (Å²) in [7, 11) is 0. The molecule has 2 amide bonds. The molecule has 4 heterocycles. The Bertz CT molecular complexity index is 1550. The van der Waals surface area contributed by atoms with Gasteiger partial charge in [0.1, 0.15) is 6.07 Å². The Morgan fingerprint density at radius 3 is 2.46 bits per heavy atom. The van der Waals surface area contributed by atoms with Crippen molar-refractivity contribution < 1.29 is 27.9 Å². The Balaban J connectivity index is 1.26. The minimum atomic E-state index is -3.02. The average molecular weight is 568 g/mol. The molecule has 0 aromatic carbocycles. The molecule has 0 spiro atoms. The molecule has 1 atom stereocenters. The van der Waals surface area contributed by atoms with Crippen molar-refractivity contribution in [2.75, 3.05) is 25.0 Å². The Kier molecular flexibility index (Phi) is 6.41. The zero-order valence-electron chi connectivity index (χ0n) is 22.0. The van der Waals surface area contributed by atoms with Crippen LogP contribution in [0.25, 0.3) is 16.9 Å². The number of nitriles is 1. The summed E-state index contributed by atoms with van der Waals surface area (Å²) in [4.78, 5) is 30.5. The quantitative estimate of drug-likeness (QED) is 0.399. The van der Waals surface area contributed by atoms with Gasteiger partial charge in [-0.05, 0) is 62.8 Å². The summed E-state index contributed by atoms with van der Waals surface area (Å²) in [5.41, 5.74) is 1.80. The van der Waals surface area contributed by atoms with Gasteiger partial charge in [0, 0.05) is 11.7 Å². The molecule has 3 aliphatic carbocycles. The first-order valence-electron chi connectivity index (χ1n) is 13.5. The van der Waals surface area contributed by atoms with Gasteiger partial charge in [0.15, 0.2) is 6.17 Å². The molecule has 3 N–H and O–H groups in total. The lowest BCUT2D eigenvalue weighted by atomic mass is 9.63. The molecule has 13 heteroatoms. The highest BCUT2D eigenvalue weighted by Crippen LogP contribution is 2.48. The SMILES string of the molecule is N#Cc1cnn2c(-c3cc(NC45CCC(O)(CC4)CC5)c(C(=O)NC[C@@H](F)C(=O)N4CC(F)(F)C4)cn3)ccc2c1. The number of anilines is 1. The number of rotatable bonds is 7. The van der Waals surface area contributed by atoms with Crippen molar-refractivity contribution in [3.63, 3.8) is 0 Å². The van der Waals surface area contributed by atoms with Crippen molar-refractivity contribution >= 4 is 23.0 Å². The van der Waals surface area contributed by atoms with Crippen LogP contribution < -0.4 is 10.6 Å². The maximum absolute atomic E-state index is 14.5. The maximum atomic E-state index is 14.5. The number of halogens is 3. The van der Waals surface area contributed by atoms with E-state index in [4.69, 9.17) is 0 Å². The van der Waals surface area contributed by atoms with E-state index in [-0.39, 0.29) is 11.1 Å². The van der Waals surface area contributed by atoms with Crippen molar-refractivity contribution in [1.29, 1.82) is 5.26 Å². The first-order chi connectivity index (χ1) is 19.5. The van der Waals surface area contributed by atoms with Gasteiger partial charge in [0.2, 0.25) is 0 Å². The molecular formula is C28H28F3N7O3. The van der Waals surface area contributed by atoms with Gasteiger partial charge in [-0.3, -0.25) is 14.6 Å². The van der Waals surface area contributed by atoms with Gasteiger partial charge in [0.05, 0.1) is 65.2 Å². The number of alkyl halides is 3. The van der Waals surface area contributed by atoms with Crippen molar-refractivity contribution in [2.24, 2.45) is 0 Å². The molecule has 214 valence electrons. The number of nitrogens with one attached hydrogen (secondary N) is 2. The molecule has 10 nitrogen and oxygen atoms in total. The van der Waals surface area contributed by atoms with Gasteiger partial charge in [-0.2, -0.15) is 10.4 Å². The van der Waals surface area contributed by atoms with Gasteiger partial charge in [-0.15, -0.1) is 0 Å². The third-order valence-corrected chi connectivity index (χ3v) is 8.51. The number of carbonyl (C=O) groups is 2. The zero-order valence-corrected chi connectivity index (χ0v) is 22.0. The Morgan fingerprint density at radius 1 is 1.10 bits per heavy atom. The van der Waals surface area contributed by atoms with Crippen LogP contribution in [0.3, 0.4) is 0 Å². The number of nitrogens with zero attached hydrogens (tertiary/aromatic N) is 5. The largest absolute Gasteiger partial charge is 0.390 e. The number of fused-ring (bicyclic) bond motifs is 4. The molecule has 1 saturated heterocycles. The van der Waals surface area contributed by atoms with Gasteiger partial charge in [0.25, 0.3) is 17.7 Å². The van der Waals surface area contributed by atoms with Gasteiger partial charge in [-0.1, -0.05) is 0 Å². The van der Waals surface area contributed by atoms with E-state index in [0.29, 0.717) is 66.7 Å². The standard InChI is InChI=1S/C28H28F3N7O3/c29-20(25(40)37-15-28(30,31)16-37)14-34-24(39)19-13-33-22(23-2-1-18-9-17(11-32)12-35-38(18)23)10-21(19)36-26-3-6-27(41,7-4-26)8-5-26/h1-2,9-10,12-13,20,41H,3-8,14-16H2,(H,33,36)(H,34,39)/t20-,26?,27?/m1/s1. The molecule has 0 radical (unpaired) electrons. The van der Waals surface area contributed by atoms with E-state index < -0.39 is 49.1 Å². The van der Waals surface area contributed by atoms with E-state index in [9.17, 15) is 33.1 Å². The molecule has 7 rings (SSSR count). The predicted octanol–water partition coefficient (Wildman–Crippen LogP) is 3.06. The first-order valence-corrected chi connectivity index (χ1v) is 13.5. The number of likely N-dealkylation sites (tertiary alicyclic amines) is 1. The van der Waals surface area contributed by atoms with Gasteiger partial charge >= 0.3 is 0 Å². The minimum Gasteiger partial charge on any atom is -0.390 e. The van der Waals surface area contributed by atoms with E-state index in [0.717, 1.165) is 4.90 Å². The fraction of sp³-hybridized carbons (Fsp3) is 0.464. The number of carbonyl (C=O) groups excluding carboxylic acids is 2. The summed E-state index contributed by atoms with van der Waals surface area (Å²) in [5, 5.41) is 30.1. The number of aromatic nitrogens is 3. The molecule has 1 aliphatic heterocycles. The van der Waals surface area contributed by atoms with Crippen LogP contribution in [0.1, 0.15) is 54.4 Å². The number of pyridine rings is 1. The van der Waals surface area contributed by atoms with Crippen LogP contribution in [0.15, 0.2) is 36.7 Å². The lowest BCUT2D eigenvalue weighted by molar-refractivity contribution is -0.170. The van der Waals surface area contributed by atoms with Crippen molar-refractivity contribution in [1.82, 2.24) is 24.8 Å². The van der Waals surface area contributed by atoms with Crippen LogP contribution in [0.5, 0.6) is 0 Å². The fourth-order valence-electron chi connectivity index (χ4n) is 6.00. The number of amides is 2. The highest BCUT2D eigenvalue weighted by Gasteiger charge is 2.49. The highest BCUT2D eigenvalue weighted by atomic mass is 19.3. The lowest BCUT2D eigenvalue weighted by Gasteiger charge is -2.51.